The van der Waals surface area contributed by atoms with Crippen molar-refractivity contribution in [3.63, 3.8) is 0 Å². The molecule has 1 aromatic rings. The van der Waals surface area contributed by atoms with Crippen molar-refractivity contribution < 1.29 is 13.5 Å². The van der Waals surface area contributed by atoms with Gasteiger partial charge in [-0.1, -0.05) is 0 Å². The summed E-state index contributed by atoms with van der Waals surface area (Å²) < 4.78 is 23.3. The predicted molar refractivity (Wildman–Crippen MR) is 47.9 cm³/mol. The number of rotatable bonds is 2. The normalized spacial score (nSPS) is 27.3. The molecule has 78 valence electrons. The van der Waals surface area contributed by atoms with E-state index in [1.807, 2.05) is 0 Å². The molecule has 1 fully saturated rings. The van der Waals surface area contributed by atoms with E-state index in [-0.39, 0.29) is 17.2 Å². The number of aliphatic hydroxyl groups excluding tert-OH is 1. The van der Waals surface area contributed by atoms with E-state index >= 15 is 0 Å². The summed E-state index contributed by atoms with van der Waals surface area (Å²) in [7, 11) is -3.71. The molecule has 1 saturated carbocycles. The Morgan fingerprint density at radius 2 is 2.21 bits per heavy atom. The summed E-state index contributed by atoms with van der Waals surface area (Å²) in [5.74, 6) is 0. The lowest BCUT2D eigenvalue weighted by Gasteiger charge is -2.31. The van der Waals surface area contributed by atoms with Crippen molar-refractivity contribution >= 4 is 10.0 Å². The van der Waals surface area contributed by atoms with E-state index < -0.39 is 10.0 Å². The van der Waals surface area contributed by atoms with Crippen LogP contribution in [0.5, 0.6) is 0 Å². The van der Waals surface area contributed by atoms with Crippen molar-refractivity contribution in [1.29, 1.82) is 0 Å². The lowest BCUT2D eigenvalue weighted by atomic mass is 9.90. The first-order valence-electron chi connectivity index (χ1n) is 4.23. The summed E-state index contributed by atoms with van der Waals surface area (Å²) in [4.78, 5) is 0. The molecule has 0 unspecified atom stereocenters. The average Bonchev–Trinajstić information content (AvgIpc) is 2.45. The lowest BCUT2D eigenvalue weighted by Crippen LogP contribution is -2.31. The van der Waals surface area contributed by atoms with Crippen molar-refractivity contribution in [3.8, 4) is 0 Å². The first kappa shape index (κ1) is 9.63. The van der Waals surface area contributed by atoms with Crippen LogP contribution in [0.4, 0.5) is 0 Å². The highest BCUT2D eigenvalue weighted by atomic mass is 32.2. The zero-order chi connectivity index (χ0) is 10.3. The Balaban J connectivity index is 2.19. The zero-order valence-electron chi connectivity index (χ0n) is 7.37. The van der Waals surface area contributed by atoms with Gasteiger partial charge in [0.1, 0.15) is 0 Å². The van der Waals surface area contributed by atoms with E-state index in [0.717, 1.165) is 0 Å². The monoisotopic (exact) mass is 217 g/mol. The van der Waals surface area contributed by atoms with E-state index in [0.29, 0.717) is 12.8 Å². The average molecular weight is 217 g/mol. The van der Waals surface area contributed by atoms with Crippen molar-refractivity contribution in [3.05, 3.63) is 12.3 Å². The van der Waals surface area contributed by atoms with Gasteiger partial charge < -0.3 is 5.11 Å². The van der Waals surface area contributed by atoms with Crippen molar-refractivity contribution in [2.24, 2.45) is 5.14 Å². The highest BCUT2D eigenvalue weighted by molar-refractivity contribution is 7.89. The molecule has 1 heterocycles. The second kappa shape index (κ2) is 3.04. The second-order valence-electron chi connectivity index (χ2n) is 3.46. The van der Waals surface area contributed by atoms with E-state index in [1.54, 1.807) is 6.20 Å². The molecule has 3 N–H and O–H groups in total. The van der Waals surface area contributed by atoms with Crippen LogP contribution in [-0.2, 0) is 10.0 Å². The quantitative estimate of drug-likeness (QED) is 0.679. The van der Waals surface area contributed by atoms with Gasteiger partial charge in [0.25, 0.3) is 10.0 Å². The zero-order valence-corrected chi connectivity index (χ0v) is 8.18. The van der Waals surface area contributed by atoms with Gasteiger partial charge in [0.2, 0.25) is 0 Å². The number of hydrogen-bond acceptors (Lipinski definition) is 4. The Kier molecular flexibility index (Phi) is 2.09. The maximum absolute atomic E-state index is 10.9. The molecule has 7 heteroatoms. The van der Waals surface area contributed by atoms with Gasteiger partial charge in [-0.2, -0.15) is 5.10 Å². The molecule has 0 atom stereocenters. The van der Waals surface area contributed by atoms with Crippen LogP contribution < -0.4 is 5.14 Å². The molecule has 0 aliphatic heterocycles. The fourth-order valence-electron chi connectivity index (χ4n) is 1.45. The number of aliphatic hydroxyl groups is 1. The lowest BCUT2D eigenvalue weighted by molar-refractivity contribution is 0.0429. The summed E-state index contributed by atoms with van der Waals surface area (Å²) in [6.07, 6.45) is 2.51. The van der Waals surface area contributed by atoms with Crippen LogP contribution in [0.2, 0.25) is 0 Å². The largest absolute Gasteiger partial charge is 0.393 e. The minimum absolute atomic E-state index is 0.0977. The Morgan fingerprint density at radius 3 is 2.64 bits per heavy atom. The molecule has 2 rings (SSSR count). The molecule has 1 aliphatic carbocycles. The molecule has 0 saturated heterocycles. The number of nitrogens with zero attached hydrogens (tertiary/aromatic N) is 2. The number of hydrogen-bond donors (Lipinski definition) is 2. The third kappa shape index (κ3) is 1.66. The number of aromatic nitrogens is 2. The summed E-state index contributed by atoms with van der Waals surface area (Å²) in [6.45, 7) is 0. The molecular weight excluding hydrogens is 206 g/mol. The molecule has 0 amide bonds. The van der Waals surface area contributed by atoms with E-state index in [2.05, 4.69) is 5.10 Å². The van der Waals surface area contributed by atoms with Gasteiger partial charge in [-0.05, 0) is 18.9 Å². The standard InChI is InChI=1S/C7H11N3O3S/c8-14(12,13)7-1-2-10(9-7)5-3-6(11)4-5/h1-2,5-6,11H,3-4H2,(H2,8,12,13). The number of sulfonamides is 1. The Bertz CT molecular complexity index is 433. The predicted octanol–water partition coefficient (Wildman–Crippen LogP) is -0.774. The third-order valence-corrected chi connectivity index (χ3v) is 3.14. The molecule has 1 aliphatic rings. The van der Waals surface area contributed by atoms with Gasteiger partial charge in [0.05, 0.1) is 12.1 Å². The van der Waals surface area contributed by atoms with Gasteiger partial charge in [-0.15, -0.1) is 0 Å². The highest BCUT2D eigenvalue weighted by Gasteiger charge is 2.29. The maximum Gasteiger partial charge on any atom is 0.257 e. The van der Waals surface area contributed by atoms with Gasteiger partial charge >= 0.3 is 0 Å². The topological polar surface area (TPSA) is 98.2 Å². The summed E-state index contributed by atoms with van der Waals surface area (Å²) in [5, 5.41) is 17.7. The number of primary sulfonamides is 1. The van der Waals surface area contributed by atoms with Crippen LogP contribution in [0.1, 0.15) is 18.9 Å². The first-order chi connectivity index (χ1) is 6.47. The molecule has 0 spiro atoms. The smallest absolute Gasteiger partial charge is 0.257 e. The van der Waals surface area contributed by atoms with E-state index in [4.69, 9.17) is 10.2 Å². The van der Waals surface area contributed by atoms with Gasteiger partial charge in [0.15, 0.2) is 5.03 Å². The molecular formula is C7H11N3O3S. The number of nitrogens with two attached hydrogens (primary N) is 1. The van der Waals surface area contributed by atoms with Crippen molar-refractivity contribution in [1.82, 2.24) is 9.78 Å². The molecule has 6 nitrogen and oxygen atoms in total. The molecule has 14 heavy (non-hydrogen) atoms. The molecule has 0 radical (unpaired) electrons. The maximum atomic E-state index is 10.9. The van der Waals surface area contributed by atoms with E-state index in [9.17, 15) is 8.42 Å². The van der Waals surface area contributed by atoms with Crippen molar-refractivity contribution in [2.45, 2.75) is 30.0 Å². The van der Waals surface area contributed by atoms with Crippen LogP contribution in [0.3, 0.4) is 0 Å². The van der Waals surface area contributed by atoms with Gasteiger partial charge in [0, 0.05) is 6.20 Å². The summed E-state index contributed by atoms with van der Waals surface area (Å²) in [6, 6.07) is 1.46. The Labute approximate surface area is 81.4 Å². The van der Waals surface area contributed by atoms with Gasteiger partial charge in [-0.3, -0.25) is 4.68 Å². The minimum atomic E-state index is -3.71. The van der Waals surface area contributed by atoms with Crippen LogP contribution >= 0.6 is 0 Å². The first-order valence-corrected chi connectivity index (χ1v) is 5.77. The second-order valence-corrected chi connectivity index (χ2v) is 4.97. The molecule has 1 aromatic heterocycles. The summed E-state index contributed by atoms with van der Waals surface area (Å²) in [5.41, 5.74) is 0. The molecule has 0 bridgehead atoms. The SMILES string of the molecule is NS(=O)(=O)c1ccn(C2CC(O)C2)n1. The van der Waals surface area contributed by atoms with Gasteiger partial charge in [-0.25, -0.2) is 13.6 Å². The Morgan fingerprint density at radius 1 is 1.57 bits per heavy atom. The Hall–Kier alpha value is -0.920. The molecule has 0 aromatic carbocycles. The van der Waals surface area contributed by atoms with Crippen LogP contribution in [0, 0.1) is 0 Å². The summed E-state index contributed by atoms with van der Waals surface area (Å²) >= 11 is 0. The van der Waals surface area contributed by atoms with Crippen LogP contribution in [0.25, 0.3) is 0 Å². The van der Waals surface area contributed by atoms with E-state index in [1.165, 1.54) is 10.7 Å². The minimum Gasteiger partial charge on any atom is -0.393 e. The van der Waals surface area contributed by atoms with Crippen LogP contribution in [-0.4, -0.2) is 29.4 Å². The van der Waals surface area contributed by atoms with Crippen molar-refractivity contribution in [2.75, 3.05) is 0 Å². The fraction of sp³-hybridized carbons (Fsp3) is 0.571. The highest BCUT2D eigenvalue weighted by Crippen LogP contribution is 2.31. The van der Waals surface area contributed by atoms with Crippen LogP contribution in [0.15, 0.2) is 17.3 Å². The fourth-order valence-corrected chi connectivity index (χ4v) is 1.91. The third-order valence-electron chi connectivity index (χ3n) is 2.34.